The van der Waals surface area contributed by atoms with Crippen molar-refractivity contribution in [3.8, 4) is 5.75 Å². The van der Waals surface area contributed by atoms with Gasteiger partial charge in [0, 0.05) is 29.7 Å². The van der Waals surface area contributed by atoms with Gasteiger partial charge in [0.15, 0.2) is 0 Å². The van der Waals surface area contributed by atoms with E-state index in [2.05, 4.69) is 52.9 Å². The van der Waals surface area contributed by atoms with Crippen LogP contribution in [0.25, 0.3) is 0 Å². The molecule has 3 heterocycles. The first-order chi connectivity index (χ1) is 18.1. The number of hydrogen-bond donors (Lipinski definition) is 1. The Labute approximate surface area is 228 Å². The Morgan fingerprint density at radius 2 is 1.54 bits per heavy atom. The molecular weight excluding hydrogens is 589 g/mol. The number of morpholine rings is 2. The van der Waals surface area contributed by atoms with Crippen molar-refractivity contribution in [2.45, 2.75) is 0 Å². The van der Waals surface area contributed by atoms with Crippen LogP contribution in [0.4, 0.5) is 17.8 Å². The highest BCUT2D eigenvalue weighted by Crippen LogP contribution is 2.19. The lowest BCUT2D eigenvalue weighted by atomic mass is 10.2. The highest BCUT2D eigenvalue weighted by atomic mass is 127. The van der Waals surface area contributed by atoms with Crippen LogP contribution in [-0.2, 0) is 9.47 Å². The van der Waals surface area contributed by atoms with E-state index in [0.717, 1.165) is 35.3 Å². The topological polar surface area (TPSA) is 114 Å². The smallest absolute Gasteiger partial charge is 0.343 e. The average molecular weight is 615 g/mol. The summed E-state index contributed by atoms with van der Waals surface area (Å²) in [6.45, 7) is 5.41. The standard InChI is InChI=1S/C25H26IN7O4/c26-20-3-1-2-19(16-20)22(34)37-21-6-4-18(5-7-21)17-27-31-23-28-24(32-8-12-35-13-9-32)30-25(29-23)33-10-14-36-15-11-33/h1-7,16-17H,8-15H2,(H,28,29,30,31)/b27-17+. The number of aromatic nitrogens is 3. The van der Waals surface area contributed by atoms with Crippen LogP contribution in [0.5, 0.6) is 5.75 Å². The first-order valence-corrected chi connectivity index (χ1v) is 13.0. The molecule has 192 valence electrons. The van der Waals surface area contributed by atoms with Crippen LogP contribution in [0.1, 0.15) is 15.9 Å². The van der Waals surface area contributed by atoms with Gasteiger partial charge in [-0.3, -0.25) is 0 Å². The van der Waals surface area contributed by atoms with Gasteiger partial charge in [-0.1, -0.05) is 6.07 Å². The second-order valence-electron chi connectivity index (χ2n) is 8.30. The quantitative estimate of drug-likeness (QED) is 0.140. The fourth-order valence-electron chi connectivity index (χ4n) is 3.78. The molecule has 37 heavy (non-hydrogen) atoms. The van der Waals surface area contributed by atoms with E-state index in [9.17, 15) is 4.79 Å². The molecule has 2 aliphatic heterocycles. The zero-order chi connectivity index (χ0) is 25.5. The Bertz CT molecular complexity index is 1210. The van der Waals surface area contributed by atoms with Crippen molar-refractivity contribution in [2.75, 3.05) is 67.8 Å². The van der Waals surface area contributed by atoms with Gasteiger partial charge < -0.3 is 24.0 Å². The van der Waals surface area contributed by atoms with Crippen LogP contribution in [-0.4, -0.2) is 79.7 Å². The van der Waals surface area contributed by atoms with Crippen molar-refractivity contribution in [3.63, 3.8) is 0 Å². The molecule has 0 atom stereocenters. The first-order valence-electron chi connectivity index (χ1n) is 11.9. The van der Waals surface area contributed by atoms with E-state index in [-0.39, 0.29) is 0 Å². The minimum atomic E-state index is -0.399. The highest BCUT2D eigenvalue weighted by molar-refractivity contribution is 14.1. The minimum absolute atomic E-state index is 0.359. The second-order valence-corrected chi connectivity index (χ2v) is 9.54. The van der Waals surface area contributed by atoms with Gasteiger partial charge >= 0.3 is 5.97 Å². The first kappa shape index (κ1) is 25.3. The molecular formula is C25H26IN7O4. The summed E-state index contributed by atoms with van der Waals surface area (Å²) in [5.41, 5.74) is 4.25. The summed E-state index contributed by atoms with van der Waals surface area (Å²) < 4.78 is 17.4. The van der Waals surface area contributed by atoms with Gasteiger partial charge in [-0.05, 0) is 70.6 Å². The van der Waals surface area contributed by atoms with Crippen molar-refractivity contribution < 1.29 is 19.0 Å². The summed E-state index contributed by atoms with van der Waals surface area (Å²) >= 11 is 2.16. The molecule has 0 aliphatic carbocycles. The lowest BCUT2D eigenvalue weighted by Crippen LogP contribution is -2.40. The Morgan fingerprint density at radius 3 is 2.14 bits per heavy atom. The molecule has 0 spiro atoms. The normalized spacial score (nSPS) is 16.1. The molecule has 12 heteroatoms. The van der Waals surface area contributed by atoms with Gasteiger partial charge in [0.25, 0.3) is 0 Å². The van der Waals surface area contributed by atoms with Crippen LogP contribution in [0.15, 0.2) is 53.6 Å². The monoisotopic (exact) mass is 615 g/mol. The molecule has 5 rings (SSSR count). The number of benzene rings is 2. The van der Waals surface area contributed by atoms with Crippen molar-refractivity contribution in [2.24, 2.45) is 5.10 Å². The number of carbonyl (C=O) groups is 1. The molecule has 0 unspecified atom stereocenters. The molecule has 2 aromatic carbocycles. The number of anilines is 3. The summed E-state index contributed by atoms with van der Waals surface area (Å²) in [6.07, 6.45) is 1.65. The summed E-state index contributed by atoms with van der Waals surface area (Å²) in [5.74, 6) is 1.60. The van der Waals surface area contributed by atoms with Gasteiger partial charge in [-0.2, -0.15) is 20.1 Å². The Kier molecular flexibility index (Phi) is 8.38. The van der Waals surface area contributed by atoms with E-state index in [0.29, 0.717) is 55.6 Å². The van der Waals surface area contributed by atoms with E-state index in [1.807, 2.05) is 24.3 Å². The lowest BCUT2D eigenvalue weighted by molar-refractivity contribution is 0.0734. The predicted octanol–water partition coefficient (Wildman–Crippen LogP) is 2.81. The minimum Gasteiger partial charge on any atom is -0.423 e. The van der Waals surface area contributed by atoms with E-state index >= 15 is 0 Å². The number of hydrogen-bond acceptors (Lipinski definition) is 11. The van der Waals surface area contributed by atoms with Crippen LogP contribution in [0.2, 0.25) is 0 Å². The fraction of sp³-hybridized carbons (Fsp3) is 0.320. The van der Waals surface area contributed by atoms with Crippen LogP contribution in [0, 0.1) is 3.57 Å². The third-order valence-electron chi connectivity index (χ3n) is 5.73. The van der Waals surface area contributed by atoms with Crippen LogP contribution >= 0.6 is 22.6 Å². The highest BCUT2D eigenvalue weighted by Gasteiger charge is 2.20. The van der Waals surface area contributed by atoms with Gasteiger partial charge in [0.1, 0.15) is 5.75 Å². The van der Waals surface area contributed by atoms with Crippen molar-refractivity contribution in [3.05, 3.63) is 63.2 Å². The van der Waals surface area contributed by atoms with Crippen LogP contribution < -0.4 is 20.0 Å². The van der Waals surface area contributed by atoms with Gasteiger partial charge in [-0.15, -0.1) is 0 Å². The largest absolute Gasteiger partial charge is 0.423 e. The summed E-state index contributed by atoms with van der Waals surface area (Å²) in [4.78, 5) is 30.4. The number of nitrogens with zero attached hydrogens (tertiary/aromatic N) is 6. The molecule has 2 saturated heterocycles. The van der Waals surface area contributed by atoms with Crippen molar-refractivity contribution in [1.82, 2.24) is 15.0 Å². The zero-order valence-corrected chi connectivity index (χ0v) is 22.2. The Balaban J connectivity index is 1.25. The molecule has 11 nitrogen and oxygen atoms in total. The number of carbonyl (C=O) groups excluding carboxylic acids is 1. The van der Waals surface area contributed by atoms with Crippen molar-refractivity contribution in [1.29, 1.82) is 0 Å². The predicted molar refractivity (Wildman–Crippen MR) is 148 cm³/mol. The fourth-order valence-corrected chi connectivity index (χ4v) is 4.32. The average Bonchev–Trinajstić information content (AvgIpc) is 2.95. The summed E-state index contributed by atoms with van der Waals surface area (Å²) in [6, 6.07) is 14.3. The maximum Gasteiger partial charge on any atom is 0.343 e. The molecule has 0 amide bonds. The summed E-state index contributed by atoms with van der Waals surface area (Å²) in [5, 5.41) is 4.31. The summed E-state index contributed by atoms with van der Waals surface area (Å²) in [7, 11) is 0. The maximum absolute atomic E-state index is 12.4. The van der Waals surface area contributed by atoms with E-state index in [4.69, 9.17) is 19.2 Å². The number of ether oxygens (including phenoxy) is 3. The van der Waals surface area contributed by atoms with Crippen molar-refractivity contribution >= 4 is 52.6 Å². The molecule has 0 saturated carbocycles. The third kappa shape index (κ3) is 6.90. The Hall–Kier alpha value is -3.36. The SMILES string of the molecule is O=C(Oc1ccc(/C=N/Nc2nc(N3CCOCC3)nc(N3CCOCC3)n2)cc1)c1cccc(I)c1. The lowest BCUT2D eigenvalue weighted by Gasteiger charge is -2.30. The molecule has 1 N–H and O–H groups in total. The van der Waals surface area contributed by atoms with E-state index < -0.39 is 5.97 Å². The molecule has 2 fully saturated rings. The zero-order valence-electron chi connectivity index (χ0n) is 20.0. The molecule has 3 aromatic rings. The number of nitrogens with one attached hydrogen (secondary N) is 1. The number of rotatable bonds is 7. The maximum atomic E-state index is 12.4. The van der Waals surface area contributed by atoms with Crippen LogP contribution in [0.3, 0.4) is 0 Å². The van der Waals surface area contributed by atoms with Gasteiger partial charge in [-0.25, -0.2) is 10.2 Å². The van der Waals surface area contributed by atoms with Gasteiger partial charge in [0.2, 0.25) is 17.8 Å². The van der Waals surface area contributed by atoms with E-state index in [1.165, 1.54) is 0 Å². The number of esters is 1. The molecule has 0 radical (unpaired) electrons. The third-order valence-corrected chi connectivity index (χ3v) is 6.40. The number of hydrazone groups is 1. The molecule has 1 aromatic heterocycles. The second kappa shape index (κ2) is 12.3. The van der Waals surface area contributed by atoms with E-state index in [1.54, 1.807) is 30.5 Å². The molecule has 0 bridgehead atoms. The van der Waals surface area contributed by atoms with Gasteiger partial charge in [0.05, 0.1) is 38.2 Å². The molecule has 2 aliphatic rings. The Morgan fingerprint density at radius 1 is 0.919 bits per heavy atom. The number of halogens is 1.